The molecule has 1 atom stereocenters. The van der Waals surface area contributed by atoms with E-state index in [-0.39, 0.29) is 6.04 Å². The molecule has 0 spiro atoms. The summed E-state index contributed by atoms with van der Waals surface area (Å²) in [5.41, 5.74) is 8.04. The summed E-state index contributed by atoms with van der Waals surface area (Å²) in [5, 5.41) is 3.98. The van der Waals surface area contributed by atoms with Gasteiger partial charge in [0, 0.05) is 10.0 Å². The molecule has 4 nitrogen and oxygen atoms in total. The van der Waals surface area contributed by atoms with Gasteiger partial charge in [0.25, 0.3) is 0 Å². The Morgan fingerprint density at radius 3 is 2.89 bits per heavy atom. The molecular weight excluding hydrogens is 294 g/mol. The molecule has 5 heteroatoms. The summed E-state index contributed by atoms with van der Waals surface area (Å²) in [6.07, 6.45) is 1.84. The van der Waals surface area contributed by atoms with Gasteiger partial charge in [-0.15, -0.1) is 0 Å². The molecule has 2 rings (SSSR count). The van der Waals surface area contributed by atoms with Crippen LogP contribution in [0.2, 0.25) is 0 Å². The molecule has 1 aromatic carbocycles. The van der Waals surface area contributed by atoms with Gasteiger partial charge in [-0.3, -0.25) is 0 Å². The molecule has 0 fully saturated rings. The second-order valence-electron chi connectivity index (χ2n) is 4.33. The summed E-state index contributed by atoms with van der Waals surface area (Å²) >= 11 is 3.51. The van der Waals surface area contributed by atoms with Crippen LogP contribution in [0.25, 0.3) is 11.4 Å². The highest BCUT2D eigenvalue weighted by Crippen LogP contribution is 2.27. The van der Waals surface area contributed by atoms with E-state index in [2.05, 4.69) is 33.0 Å². The van der Waals surface area contributed by atoms with Crippen LogP contribution >= 0.6 is 15.9 Å². The van der Waals surface area contributed by atoms with E-state index in [9.17, 15) is 0 Å². The number of halogens is 1. The Morgan fingerprint density at radius 2 is 2.22 bits per heavy atom. The lowest BCUT2D eigenvalue weighted by Gasteiger charge is -2.02. The van der Waals surface area contributed by atoms with Crippen LogP contribution in [-0.2, 0) is 0 Å². The first-order valence-corrected chi connectivity index (χ1v) is 6.76. The normalized spacial score (nSPS) is 12.7. The van der Waals surface area contributed by atoms with E-state index in [0.717, 1.165) is 22.9 Å². The van der Waals surface area contributed by atoms with Crippen molar-refractivity contribution < 1.29 is 4.52 Å². The number of aromatic nitrogens is 2. The van der Waals surface area contributed by atoms with Crippen molar-refractivity contribution in [2.24, 2.45) is 5.73 Å². The summed E-state index contributed by atoms with van der Waals surface area (Å²) in [6.45, 7) is 4.11. The van der Waals surface area contributed by atoms with E-state index in [0.29, 0.717) is 11.7 Å². The lowest BCUT2D eigenvalue weighted by Crippen LogP contribution is -2.09. The molecule has 18 heavy (non-hydrogen) atoms. The van der Waals surface area contributed by atoms with Crippen molar-refractivity contribution in [1.29, 1.82) is 0 Å². The first-order valence-electron chi connectivity index (χ1n) is 5.97. The number of aryl methyl sites for hydroxylation is 1. The zero-order chi connectivity index (χ0) is 13.1. The molecule has 0 radical (unpaired) electrons. The van der Waals surface area contributed by atoms with E-state index < -0.39 is 0 Å². The van der Waals surface area contributed by atoms with Crippen LogP contribution < -0.4 is 5.73 Å². The SMILES string of the molecule is CCC[C@H](N)c1nc(-c2ccc(C)cc2Br)no1. The van der Waals surface area contributed by atoms with E-state index in [1.807, 2.05) is 25.1 Å². The summed E-state index contributed by atoms with van der Waals surface area (Å²) < 4.78 is 6.17. The van der Waals surface area contributed by atoms with Crippen molar-refractivity contribution in [3.05, 3.63) is 34.1 Å². The molecule has 96 valence electrons. The zero-order valence-corrected chi connectivity index (χ0v) is 12.1. The largest absolute Gasteiger partial charge is 0.337 e. The third kappa shape index (κ3) is 2.79. The fourth-order valence-corrected chi connectivity index (χ4v) is 2.40. The van der Waals surface area contributed by atoms with Gasteiger partial charge in [-0.05, 0) is 31.0 Å². The van der Waals surface area contributed by atoms with Crippen molar-refractivity contribution in [2.75, 3.05) is 0 Å². The Hall–Kier alpha value is -1.20. The number of rotatable bonds is 4. The molecule has 0 aliphatic heterocycles. The molecule has 0 amide bonds. The minimum Gasteiger partial charge on any atom is -0.337 e. The molecule has 1 heterocycles. The predicted molar refractivity (Wildman–Crippen MR) is 74.0 cm³/mol. The molecule has 0 saturated carbocycles. The van der Waals surface area contributed by atoms with Crippen LogP contribution in [0.4, 0.5) is 0 Å². The smallest absolute Gasteiger partial charge is 0.243 e. The Labute approximate surface area is 115 Å². The highest BCUT2D eigenvalue weighted by Gasteiger charge is 2.16. The van der Waals surface area contributed by atoms with Gasteiger partial charge in [0.2, 0.25) is 11.7 Å². The van der Waals surface area contributed by atoms with Gasteiger partial charge in [-0.2, -0.15) is 4.98 Å². The zero-order valence-electron chi connectivity index (χ0n) is 10.5. The summed E-state index contributed by atoms with van der Waals surface area (Å²) in [7, 11) is 0. The monoisotopic (exact) mass is 309 g/mol. The van der Waals surface area contributed by atoms with Gasteiger partial charge in [-0.1, -0.05) is 40.5 Å². The topological polar surface area (TPSA) is 64.9 Å². The number of nitrogens with zero attached hydrogens (tertiary/aromatic N) is 2. The maximum Gasteiger partial charge on any atom is 0.243 e. The summed E-state index contributed by atoms with van der Waals surface area (Å²) in [6, 6.07) is 5.83. The number of nitrogens with two attached hydrogens (primary N) is 1. The van der Waals surface area contributed by atoms with Crippen LogP contribution in [0.3, 0.4) is 0 Å². The van der Waals surface area contributed by atoms with Crippen molar-refractivity contribution in [3.63, 3.8) is 0 Å². The highest BCUT2D eigenvalue weighted by molar-refractivity contribution is 9.10. The quantitative estimate of drug-likeness (QED) is 0.937. The molecule has 0 aliphatic carbocycles. The highest BCUT2D eigenvalue weighted by atomic mass is 79.9. The summed E-state index contributed by atoms with van der Waals surface area (Å²) in [4.78, 5) is 4.36. The molecule has 0 unspecified atom stereocenters. The average Bonchev–Trinajstić information content (AvgIpc) is 2.78. The fraction of sp³-hybridized carbons (Fsp3) is 0.385. The van der Waals surface area contributed by atoms with E-state index in [1.54, 1.807) is 0 Å². The number of hydrogen-bond acceptors (Lipinski definition) is 4. The maximum absolute atomic E-state index is 5.95. The fourth-order valence-electron chi connectivity index (χ4n) is 1.73. The van der Waals surface area contributed by atoms with Gasteiger partial charge in [-0.25, -0.2) is 0 Å². The number of benzene rings is 1. The van der Waals surface area contributed by atoms with Crippen molar-refractivity contribution in [3.8, 4) is 11.4 Å². The number of hydrogen-bond donors (Lipinski definition) is 1. The van der Waals surface area contributed by atoms with E-state index in [1.165, 1.54) is 5.56 Å². The molecule has 2 aromatic rings. The molecule has 2 N–H and O–H groups in total. The van der Waals surface area contributed by atoms with Crippen LogP contribution in [0.1, 0.15) is 37.3 Å². The Kier molecular flexibility index (Phi) is 4.14. The first-order chi connectivity index (χ1) is 8.61. The Bertz CT molecular complexity index is 539. The van der Waals surface area contributed by atoms with E-state index >= 15 is 0 Å². The lowest BCUT2D eigenvalue weighted by molar-refractivity contribution is 0.348. The van der Waals surface area contributed by atoms with Gasteiger partial charge in [0.05, 0.1) is 6.04 Å². The molecule has 1 aromatic heterocycles. The average molecular weight is 310 g/mol. The van der Waals surface area contributed by atoms with Crippen LogP contribution in [-0.4, -0.2) is 10.1 Å². The lowest BCUT2D eigenvalue weighted by atomic mass is 10.1. The third-order valence-electron chi connectivity index (χ3n) is 2.72. The predicted octanol–water partition coefficient (Wildman–Crippen LogP) is 3.61. The standard InChI is InChI=1S/C13H16BrN3O/c1-3-4-11(15)13-16-12(17-18-13)9-6-5-8(2)7-10(9)14/h5-7,11H,3-4,15H2,1-2H3/t11-/m0/s1. The second kappa shape index (κ2) is 5.63. The minimum absolute atomic E-state index is 0.180. The molecule has 0 saturated heterocycles. The Balaban J connectivity index is 2.29. The van der Waals surface area contributed by atoms with Crippen LogP contribution in [0.15, 0.2) is 27.2 Å². The van der Waals surface area contributed by atoms with Gasteiger partial charge in [0.1, 0.15) is 0 Å². The first kappa shape index (κ1) is 13.2. The minimum atomic E-state index is -0.180. The maximum atomic E-state index is 5.95. The molecule has 0 aliphatic rings. The van der Waals surface area contributed by atoms with Crippen molar-refractivity contribution in [2.45, 2.75) is 32.7 Å². The Morgan fingerprint density at radius 1 is 1.44 bits per heavy atom. The van der Waals surface area contributed by atoms with Crippen LogP contribution in [0.5, 0.6) is 0 Å². The van der Waals surface area contributed by atoms with E-state index in [4.69, 9.17) is 10.3 Å². The molecular formula is C13H16BrN3O. The van der Waals surface area contributed by atoms with Gasteiger partial charge in [0.15, 0.2) is 0 Å². The molecule has 0 bridgehead atoms. The second-order valence-corrected chi connectivity index (χ2v) is 5.19. The third-order valence-corrected chi connectivity index (χ3v) is 3.38. The van der Waals surface area contributed by atoms with Gasteiger partial charge >= 0.3 is 0 Å². The van der Waals surface area contributed by atoms with Crippen molar-refractivity contribution >= 4 is 15.9 Å². The van der Waals surface area contributed by atoms with Gasteiger partial charge < -0.3 is 10.3 Å². The summed E-state index contributed by atoms with van der Waals surface area (Å²) in [5.74, 6) is 1.07. The van der Waals surface area contributed by atoms with Crippen molar-refractivity contribution in [1.82, 2.24) is 10.1 Å². The van der Waals surface area contributed by atoms with Crippen LogP contribution in [0, 0.1) is 6.92 Å².